The molecule has 0 atom stereocenters. The van der Waals surface area contributed by atoms with Gasteiger partial charge in [-0.15, -0.1) is 0 Å². The lowest BCUT2D eigenvalue weighted by molar-refractivity contribution is 0.171. The smallest absolute Gasteiger partial charge is 0.161 e. The molecule has 0 bridgehead atoms. The molecule has 0 fully saturated rings. The Morgan fingerprint density at radius 3 is 2.63 bits per heavy atom. The fraction of sp³-hybridized carbons (Fsp3) is 0.133. The quantitative estimate of drug-likeness (QED) is 0.714. The van der Waals surface area contributed by atoms with E-state index >= 15 is 0 Å². The molecular formula is C15H12BNO2. The summed E-state index contributed by atoms with van der Waals surface area (Å²) in [5.41, 5.74) is 3.60. The van der Waals surface area contributed by atoms with Gasteiger partial charge in [-0.25, -0.2) is 0 Å². The average molecular weight is 249 g/mol. The molecule has 0 aromatic heterocycles. The van der Waals surface area contributed by atoms with Crippen molar-refractivity contribution in [2.75, 3.05) is 13.2 Å². The minimum atomic E-state index is 0.565. The lowest BCUT2D eigenvalue weighted by Crippen LogP contribution is -2.15. The Hall–Kier alpha value is -2.41. The Morgan fingerprint density at radius 1 is 1.05 bits per heavy atom. The molecule has 0 radical (unpaired) electrons. The van der Waals surface area contributed by atoms with Crippen LogP contribution in [0.25, 0.3) is 11.1 Å². The van der Waals surface area contributed by atoms with Gasteiger partial charge < -0.3 is 9.47 Å². The summed E-state index contributed by atoms with van der Waals surface area (Å²) in [6.45, 7) is 1.15. The van der Waals surface area contributed by atoms with E-state index in [9.17, 15) is 5.26 Å². The van der Waals surface area contributed by atoms with Crippen molar-refractivity contribution in [3.8, 4) is 28.7 Å². The van der Waals surface area contributed by atoms with E-state index in [1.807, 2.05) is 44.2 Å². The van der Waals surface area contributed by atoms with Gasteiger partial charge in [0.25, 0.3) is 0 Å². The Morgan fingerprint density at radius 2 is 1.84 bits per heavy atom. The first-order valence-corrected chi connectivity index (χ1v) is 6.19. The molecule has 0 amide bonds. The van der Waals surface area contributed by atoms with Crippen molar-refractivity contribution in [2.45, 2.75) is 0 Å². The average Bonchev–Trinajstić information content (AvgIpc) is 2.46. The van der Waals surface area contributed by atoms with Crippen LogP contribution in [0.4, 0.5) is 0 Å². The molecule has 3 nitrogen and oxygen atoms in total. The van der Waals surface area contributed by atoms with E-state index < -0.39 is 0 Å². The van der Waals surface area contributed by atoms with Crippen molar-refractivity contribution in [3.05, 3.63) is 42.0 Å². The second kappa shape index (κ2) is 4.70. The summed E-state index contributed by atoms with van der Waals surface area (Å²) in [5, 5.41) is 9.29. The lowest BCUT2D eigenvalue weighted by Gasteiger charge is -2.19. The highest BCUT2D eigenvalue weighted by Gasteiger charge is 2.14. The van der Waals surface area contributed by atoms with Crippen molar-refractivity contribution >= 4 is 13.3 Å². The van der Waals surface area contributed by atoms with E-state index in [-0.39, 0.29) is 0 Å². The van der Waals surface area contributed by atoms with E-state index in [0.717, 1.165) is 28.1 Å². The fourth-order valence-electron chi connectivity index (χ4n) is 2.27. The summed E-state index contributed by atoms with van der Waals surface area (Å²) < 4.78 is 11.1. The molecular weight excluding hydrogens is 237 g/mol. The van der Waals surface area contributed by atoms with E-state index in [0.29, 0.717) is 18.8 Å². The first kappa shape index (κ1) is 11.7. The molecule has 0 N–H and O–H groups in total. The third-order valence-corrected chi connectivity index (χ3v) is 3.24. The molecule has 0 saturated carbocycles. The van der Waals surface area contributed by atoms with Gasteiger partial charge in [-0.1, -0.05) is 29.7 Å². The van der Waals surface area contributed by atoms with Gasteiger partial charge in [-0.2, -0.15) is 5.26 Å². The van der Waals surface area contributed by atoms with E-state index in [4.69, 9.17) is 9.47 Å². The minimum absolute atomic E-state index is 0.565. The zero-order valence-corrected chi connectivity index (χ0v) is 10.6. The maximum Gasteiger partial charge on any atom is 0.161 e. The third-order valence-electron chi connectivity index (χ3n) is 3.24. The zero-order chi connectivity index (χ0) is 13.2. The Bertz CT molecular complexity index is 676. The summed E-state index contributed by atoms with van der Waals surface area (Å²) in [6.07, 6.45) is 0. The lowest BCUT2D eigenvalue weighted by atomic mass is 9.86. The SMILES string of the molecule is Bc1cccc(-c2ccc3c(c2)OCCO3)c1C#N. The van der Waals surface area contributed by atoms with Gasteiger partial charge in [0.15, 0.2) is 11.5 Å². The number of hydrogen-bond acceptors (Lipinski definition) is 3. The van der Waals surface area contributed by atoms with E-state index in [1.54, 1.807) is 0 Å². The Balaban J connectivity index is 2.13. The summed E-state index contributed by atoms with van der Waals surface area (Å²) in [6, 6.07) is 13.9. The number of benzene rings is 2. The second-order valence-corrected chi connectivity index (χ2v) is 4.47. The monoisotopic (exact) mass is 249 g/mol. The minimum Gasteiger partial charge on any atom is -0.486 e. The van der Waals surface area contributed by atoms with Gasteiger partial charge in [0.05, 0.1) is 11.6 Å². The Kier molecular flexibility index (Phi) is 2.89. The number of hydrogen-bond donors (Lipinski definition) is 0. The number of nitriles is 1. The highest BCUT2D eigenvalue weighted by molar-refractivity contribution is 6.34. The molecule has 19 heavy (non-hydrogen) atoms. The molecule has 2 aromatic carbocycles. The van der Waals surface area contributed by atoms with Gasteiger partial charge in [0.2, 0.25) is 0 Å². The van der Waals surface area contributed by atoms with Crippen LogP contribution in [0.3, 0.4) is 0 Å². The molecule has 1 aliphatic heterocycles. The number of ether oxygens (including phenoxy) is 2. The number of fused-ring (bicyclic) bond motifs is 1. The molecule has 4 heteroatoms. The maximum atomic E-state index is 9.29. The number of rotatable bonds is 1. The van der Waals surface area contributed by atoms with E-state index in [2.05, 4.69) is 6.07 Å². The van der Waals surface area contributed by atoms with Gasteiger partial charge in [0, 0.05) is 0 Å². The molecule has 1 heterocycles. The molecule has 2 aromatic rings. The predicted octanol–water partition coefficient (Wildman–Crippen LogP) is 1.25. The zero-order valence-electron chi connectivity index (χ0n) is 10.6. The predicted molar refractivity (Wildman–Crippen MR) is 75.8 cm³/mol. The summed E-state index contributed by atoms with van der Waals surface area (Å²) in [7, 11) is 1.94. The van der Waals surface area contributed by atoms with Gasteiger partial charge in [0.1, 0.15) is 21.1 Å². The normalized spacial score (nSPS) is 12.8. The third kappa shape index (κ3) is 2.04. The second-order valence-electron chi connectivity index (χ2n) is 4.47. The van der Waals surface area contributed by atoms with Gasteiger partial charge >= 0.3 is 0 Å². The molecule has 0 saturated heterocycles. The maximum absolute atomic E-state index is 9.29. The summed E-state index contributed by atoms with van der Waals surface area (Å²) >= 11 is 0. The van der Waals surface area contributed by atoms with E-state index in [1.165, 1.54) is 0 Å². The van der Waals surface area contributed by atoms with Crippen LogP contribution in [0.1, 0.15) is 5.56 Å². The van der Waals surface area contributed by atoms with Gasteiger partial charge in [-0.3, -0.25) is 0 Å². The summed E-state index contributed by atoms with van der Waals surface area (Å²) in [5.74, 6) is 1.51. The van der Waals surface area contributed by atoms with Crippen LogP contribution < -0.4 is 14.9 Å². The van der Waals surface area contributed by atoms with Crippen LogP contribution in [0.15, 0.2) is 36.4 Å². The van der Waals surface area contributed by atoms with Crippen molar-refractivity contribution in [3.63, 3.8) is 0 Å². The highest BCUT2D eigenvalue weighted by atomic mass is 16.6. The van der Waals surface area contributed by atoms with Crippen LogP contribution in [-0.2, 0) is 0 Å². The van der Waals surface area contributed by atoms with Crippen molar-refractivity contribution < 1.29 is 9.47 Å². The molecule has 1 aliphatic rings. The Labute approximate surface area is 112 Å². The van der Waals surface area contributed by atoms with Crippen LogP contribution in [0.2, 0.25) is 0 Å². The molecule has 3 rings (SSSR count). The van der Waals surface area contributed by atoms with Crippen LogP contribution in [0.5, 0.6) is 11.5 Å². The van der Waals surface area contributed by atoms with Crippen LogP contribution in [-0.4, -0.2) is 21.1 Å². The van der Waals surface area contributed by atoms with Gasteiger partial charge in [-0.05, 0) is 23.3 Å². The van der Waals surface area contributed by atoms with Crippen LogP contribution >= 0.6 is 0 Å². The topological polar surface area (TPSA) is 42.2 Å². The standard InChI is InChI=1S/C15H12BNO2/c16-13-3-1-2-11(12(13)9-17)10-4-5-14-15(8-10)19-7-6-18-14/h1-5,8H,6-7,16H2. The van der Waals surface area contributed by atoms with Crippen molar-refractivity contribution in [2.24, 2.45) is 0 Å². The number of nitrogens with zero attached hydrogens (tertiary/aromatic N) is 1. The van der Waals surface area contributed by atoms with Crippen molar-refractivity contribution in [1.29, 1.82) is 5.26 Å². The first-order valence-electron chi connectivity index (χ1n) is 6.19. The largest absolute Gasteiger partial charge is 0.486 e. The molecule has 0 aliphatic carbocycles. The molecule has 0 spiro atoms. The molecule has 92 valence electrons. The summed E-state index contributed by atoms with van der Waals surface area (Å²) in [4.78, 5) is 0. The van der Waals surface area contributed by atoms with Crippen molar-refractivity contribution in [1.82, 2.24) is 0 Å². The fourth-order valence-corrected chi connectivity index (χ4v) is 2.27. The van der Waals surface area contributed by atoms with Crippen LogP contribution in [0, 0.1) is 11.3 Å². The molecule has 0 unspecified atom stereocenters. The highest BCUT2D eigenvalue weighted by Crippen LogP contribution is 2.35. The first-order chi connectivity index (χ1) is 9.29.